The molecule has 0 bridgehead atoms. The number of benzene rings is 2. The van der Waals surface area contributed by atoms with Gasteiger partial charge in [-0.25, -0.2) is 31.5 Å². The van der Waals surface area contributed by atoms with E-state index in [0.717, 1.165) is 31.4 Å². The molecular weight excluding hydrogens is 912 g/mol. The van der Waals surface area contributed by atoms with E-state index in [4.69, 9.17) is 66.4 Å². The summed E-state index contributed by atoms with van der Waals surface area (Å²) in [6.45, 7) is -4.26. The smallest absolute Gasteiger partial charge is 0.355 e. The maximum Gasteiger partial charge on any atom is 0.355 e. The third kappa shape index (κ3) is 14.1. The number of carbonyl (C=O) groups is 2. The third-order valence-corrected chi connectivity index (χ3v) is 9.05. The molecule has 1 unspecified atom stereocenters. The van der Waals surface area contributed by atoms with Crippen molar-refractivity contribution in [3.63, 3.8) is 0 Å². The van der Waals surface area contributed by atoms with Gasteiger partial charge < -0.3 is 20.0 Å². The van der Waals surface area contributed by atoms with E-state index < -0.39 is 83.7 Å². The van der Waals surface area contributed by atoms with Crippen molar-refractivity contribution in [2.45, 2.75) is 38.7 Å². The molecule has 0 amide bonds. The van der Waals surface area contributed by atoms with E-state index in [1.165, 1.54) is 13.0 Å². The average molecular weight is 940 g/mol. The minimum atomic E-state index is -4.10. The quantitative estimate of drug-likeness (QED) is 0.0629. The van der Waals surface area contributed by atoms with Crippen molar-refractivity contribution in [2.75, 3.05) is 23.8 Å². The van der Waals surface area contributed by atoms with Crippen molar-refractivity contribution in [1.29, 1.82) is 0 Å². The lowest BCUT2D eigenvalue weighted by Crippen LogP contribution is -2.25. The summed E-state index contributed by atoms with van der Waals surface area (Å²) in [6, 6.07) is 4.20. The van der Waals surface area contributed by atoms with Gasteiger partial charge in [0.2, 0.25) is 10.0 Å². The number of nitrogens with one attached hydrogen (secondary N) is 2. The van der Waals surface area contributed by atoms with Gasteiger partial charge in [-0.3, -0.25) is 24.2 Å². The van der Waals surface area contributed by atoms with E-state index in [-0.39, 0.29) is 59.2 Å². The first-order valence-electron chi connectivity index (χ1n) is 14.8. The first-order chi connectivity index (χ1) is 26.1. The number of sulfonamides is 1. The summed E-state index contributed by atoms with van der Waals surface area (Å²) in [5.74, 6) is -3.98. The number of aromatic nitrogens is 6. The second-order valence-corrected chi connectivity index (χ2v) is 16.1. The molecular formula is C27H28Cl4F5N8O11PS. The van der Waals surface area contributed by atoms with Crippen LogP contribution in [-0.2, 0) is 30.6 Å². The zero-order chi connectivity index (χ0) is 43.9. The van der Waals surface area contributed by atoms with Crippen LogP contribution < -0.4 is 21.4 Å². The highest BCUT2D eigenvalue weighted by Gasteiger charge is 2.24. The van der Waals surface area contributed by atoms with Gasteiger partial charge in [-0.05, 0) is 43.7 Å². The summed E-state index contributed by atoms with van der Waals surface area (Å²) >= 11 is 23.3. The highest BCUT2D eigenvalue weighted by Crippen LogP contribution is 2.32. The summed E-state index contributed by atoms with van der Waals surface area (Å²) in [4.78, 5) is 60.9. The van der Waals surface area contributed by atoms with Gasteiger partial charge in [0.1, 0.15) is 22.7 Å². The SMILES string of the molecule is Cc1nn(-c2cc(CC(Cl)C(=O)O)c(Cl)cc2F)c(=O)n1C(F)F.Cc1nn(-c2cc(NS(C)(=O)=O)c(Cl)cc2Cl)c(=O)n1C(F)F.O=C(O)CNCP(=O)(O)O. The lowest BCUT2D eigenvalue weighted by Gasteiger charge is -2.10. The number of anilines is 1. The fourth-order valence-electron chi connectivity index (χ4n) is 4.18. The van der Waals surface area contributed by atoms with Crippen LogP contribution in [0.25, 0.3) is 11.4 Å². The van der Waals surface area contributed by atoms with Gasteiger partial charge in [0.25, 0.3) is 0 Å². The molecule has 0 saturated carbocycles. The zero-order valence-electron chi connectivity index (χ0n) is 28.7. The first-order valence-corrected chi connectivity index (χ1v) is 20.0. The molecule has 2 aromatic carbocycles. The molecule has 30 heteroatoms. The second kappa shape index (κ2) is 20.1. The van der Waals surface area contributed by atoms with Crippen LogP contribution in [0.1, 0.15) is 30.3 Å². The molecule has 0 fully saturated rings. The molecule has 0 aliphatic carbocycles. The Morgan fingerprint density at radius 2 is 1.35 bits per heavy atom. The molecule has 0 aliphatic heterocycles. The Morgan fingerprint density at radius 3 is 1.75 bits per heavy atom. The van der Waals surface area contributed by atoms with Gasteiger partial charge in [-0.15, -0.1) is 21.8 Å². The van der Waals surface area contributed by atoms with Crippen LogP contribution in [0.5, 0.6) is 0 Å². The summed E-state index contributed by atoms with van der Waals surface area (Å²) < 4.78 is 102. The maximum atomic E-state index is 14.1. The molecule has 4 rings (SSSR count). The number of rotatable bonds is 13. The van der Waals surface area contributed by atoms with Crippen LogP contribution in [0.4, 0.5) is 27.6 Å². The van der Waals surface area contributed by atoms with Crippen LogP contribution in [0, 0.1) is 19.7 Å². The number of aryl methyl sites for hydroxylation is 2. The standard InChI is InChI=1S/C13H10Cl2F3N3O3.C11H10Cl2F2N4O3S.C3H8NO5P/c1-5-19-21(13(24)20(5)12(17)18)10-3-6(2-8(15)11(22)23)7(14)4-9(10)16;1-5-16-19(11(20)18(5)10(14)15)9-4-8(17-23(2,21)22)6(12)3-7(9)13;5-3(6)1-4-2-10(7,8)9/h3-4,8,12H,2H2,1H3,(H,22,23);3-4,10,17H,1-2H3;4H,1-2H2,(H,5,6)(H2,7,8,9). The maximum absolute atomic E-state index is 14.1. The van der Waals surface area contributed by atoms with Crippen molar-refractivity contribution in [3.05, 3.63) is 83.3 Å². The number of halogens is 9. The summed E-state index contributed by atoms with van der Waals surface area (Å²) in [5.41, 5.74) is -2.82. The van der Waals surface area contributed by atoms with Crippen molar-refractivity contribution in [1.82, 2.24) is 34.0 Å². The number of hydrogen-bond acceptors (Lipinski definition) is 10. The first kappa shape index (κ1) is 49.1. The number of aliphatic carboxylic acids is 2. The molecule has 0 spiro atoms. The largest absolute Gasteiger partial charge is 0.480 e. The summed E-state index contributed by atoms with van der Waals surface area (Å²) in [7, 11) is -7.74. The van der Waals surface area contributed by atoms with Crippen LogP contribution >= 0.6 is 54.0 Å². The van der Waals surface area contributed by atoms with Crippen LogP contribution in [0.2, 0.25) is 15.1 Å². The molecule has 19 nitrogen and oxygen atoms in total. The van der Waals surface area contributed by atoms with Gasteiger partial charge >= 0.3 is 44.0 Å². The summed E-state index contributed by atoms with van der Waals surface area (Å²) in [5, 5.41) is 24.7. The molecule has 2 aromatic heterocycles. The molecule has 6 N–H and O–H groups in total. The van der Waals surface area contributed by atoms with Crippen molar-refractivity contribution in [3.8, 4) is 11.4 Å². The fraction of sp³-hybridized carbons (Fsp3) is 0.333. The molecule has 57 heavy (non-hydrogen) atoms. The van der Waals surface area contributed by atoms with Gasteiger partial charge in [0, 0.05) is 11.4 Å². The number of nitrogens with zero attached hydrogens (tertiary/aromatic N) is 6. The zero-order valence-corrected chi connectivity index (χ0v) is 33.5. The lowest BCUT2D eigenvalue weighted by molar-refractivity contribution is -0.137. The van der Waals surface area contributed by atoms with Gasteiger partial charge in [0.05, 0.1) is 40.5 Å². The topological polar surface area (TPSA) is 270 Å². The number of carboxylic acids is 2. The summed E-state index contributed by atoms with van der Waals surface area (Å²) in [6.07, 6.45) is 0.0467. The Balaban J connectivity index is 0.000000320. The average Bonchev–Trinajstić information content (AvgIpc) is 3.51. The molecule has 0 radical (unpaired) electrons. The van der Waals surface area contributed by atoms with Gasteiger partial charge in [-0.2, -0.15) is 26.9 Å². The second-order valence-electron chi connectivity index (χ2n) is 11.0. The Hall–Kier alpha value is -4.07. The van der Waals surface area contributed by atoms with E-state index in [0.29, 0.717) is 9.36 Å². The fourth-order valence-corrected chi connectivity index (χ4v) is 6.11. The van der Waals surface area contributed by atoms with E-state index in [9.17, 15) is 54.1 Å². The molecule has 4 aromatic rings. The minimum Gasteiger partial charge on any atom is -0.480 e. The third-order valence-electron chi connectivity index (χ3n) is 6.52. The number of alkyl halides is 5. The predicted molar refractivity (Wildman–Crippen MR) is 195 cm³/mol. The Bertz CT molecular complexity index is 2410. The molecule has 0 saturated heterocycles. The van der Waals surface area contributed by atoms with Crippen LogP contribution in [-0.4, -0.2) is 93.5 Å². The highest BCUT2D eigenvalue weighted by atomic mass is 35.5. The lowest BCUT2D eigenvalue weighted by atomic mass is 10.1. The van der Waals surface area contributed by atoms with Crippen LogP contribution in [0.15, 0.2) is 33.9 Å². The van der Waals surface area contributed by atoms with Crippen molar-refractivity contribution >= 4 is 81.6 Å². The van der Waals surface area contributed by atoms with E-state index in [2.05, 4.69) is 20.2 Å². The highest BCUT2D eigenvalue weighted by molar-refractivity contribution is 7.92. The normalized spacial score (nSPS) is 12.1. The molecule has 0 aliphatic rings. The Labute approximate surface area is 336 Å². The monoisotopic (exact) mass is 938 g/mol. The molecule has 2 heterocycles. The van der Waals surface area contributed by atoms with E-state index in [1.54, 1.807) is 0 Å². The Kier molecular flexibility index (Phi) is 17.3. The Morgan fingerprint density at radius 1 is 0.860 bits per heavy atom. The van der Waals surface area contributed by atoms with Gasteiger partial charge in [-0.1, -0.05) is 34.8 Å². The van der Waals surface area contributed by atoms with Crippen LogP contribution in [0.3, 0.4) is 0 Å². The minimum absolute atomic E-state index is 0.0257. The predicted octanol–water partition coefficient (Wildman–Crippen LogP) is 3.98. The van der Waals surface area contributed by atoms with Crippen molar-refractivity contribution < 1.29 is 64.5 Å². The molecule has 316 valence electrons. The number of carboxylic acid groups (broad SMARTS) is 2. The van der Waals surface area contributed by atoms with E-state index in [1.807, 2.05) is 0 Å². The van der Waals surface area contributed by atoms with Crippen molar-refractivity contribution in [2.24, 2.45) is 0 Å². The van der Waals surface area contributed by atoms with E-state index >= 15 is 0 Å². The van der Waals surface area contributed by atoms with Gasteiger partial charge in [0.15, 0.2) is 5.82 Å². The molecule has 1 atom stereocenters. The number of hydrogen-bond donors (Lipinski definition) is 6.